The molecule has 25 heavy (non-hydrogen) atoms. The zero-order chi connectivity index (χ0) is 18.2. The molecule has 0 saturated heterocycles. The van der Waals surface area contributed by atoms with Crippen LogP contribution in [-0.2, 0) is 4.74 Å². The van der Waals surface area contributed by atoms with Crippen LogP contribution in [0.1, 0.15) is 48.0 Å². The first kappa shape index (κ1) is 18.4. The molecule has 2 rings (SSSR count). The van der Waals surface area contributed by atoms with E-state index >= 15 is 0 Å². The molecule has 0 spiro atoms. The Morgan fingerprint density at radius 3 is 2.32 bits per heavy atom. The molecule has 2 aromatic rings. The Morgan fingerprint density at radius 1 is 1.08 bits per heavy atom. The van der Waals surface area contributed by atoms with E-state index in [2.05, 4.69) is 15.6 Å². The molecule has 132 valence electrons. The molecular formula is C19H23N3O3. The predicted molar refractivity (Wildman–Crippen MR) is 97.1 cm³/mol. The molecule has 0 saturated carbocycles. The fourth-order valence-corrected chi connectivity index (χ4v) is 2.07. The summed E-state index contributed by atoms with van der Waals surface area (Å²) in [7, 11) is 0. The van der Waals surface area contributed by atoms with Crippen molar-refractivity contribution in [3.63, 3.8) is 0 Å². The Labute approximate surface area is 147 Å². The van der Waals surface area contributed by atoms with Gasteiger partial charge in [-0.2, -0.15) is 0 Å². The number of hydrogen-bond acceptors (Lipinski definition) is 5. The third-order valence-corrected chi connectivity index (χ3v) is 3.67. The summed E-state index contributed by atoms with van der Waals surface area (Å²) in [5.41, 5.74) is 2.45. The van der Waals surface area contributed by atoms with E-state index in [0.29, 0.717) is 17.9 Å². The van der Waals surface area contributed by atoms with Gasteiger partial charge in [-0.15, -0.1) is 0 Å². The van der Waals surface area contributed by atoms with Crippen LogP contribution in [0.2, 0.25) is 0 Å². The number of benzene rings is 1. The molecule has 6 heteroatoms. The van der Waals surface area contributed by atoms with Crippen molar-refractivity contribution in [3.8, 4) is 0 Å². The minimum atomic E-state index is -0.340. The van der Waals surface area contributed by atoms with Crippen LogP contribution in [0.5, 0.6) is 0 Å². The Kier molecular flexibility index (Phi) is 6.51. The zero-order valence-corrected chi connectivity index (χ0v) is 14.7. The van der Waals surface area contributed by atoms with Crippen LogP contribution < -0.4 is 10.6 Å². The van der Waals surface area contributed by atoms with Crippen molar-refractivity contribution < 1.29 is 14.3 Å². The monoisotopic (exact) mass is 341 g/mol. The Balaban J connectivity index is 1.99. The van der Waals surface area contributed by atoms with E-state index in [0.717, 1.165) is 17.8 Å². The average Bonchev–Trinajstić information content (AvgIpc) is 2.63. The van der Waals surface area contributed by atoms with Gasteiger partial charge in [-0.1, -0.05) is 6.92 Å². The standard InChI is InChI=1S/C19H23N3O3/c1-4-13(3)21-18(23)17-11-10-16(12-20-17)22-15-8-6-14(7-9-15)19(24)25-5-2/h6-13,22H,4-5H2,1-3H3,(H,21,23). The molecule has 1 aromatic carbocycles. The van der Waals surface area contributed by atoms with Crippen LogP contribution in [0.15, 0.2) is 42.6 Å². The number of pyridine rings is 1. The molecule has 6 nitrogen and oxygen atoms in total. The number of rotatable bonds is 7. The second-order valence-electron chi connectivity index (χ2n) is 5.64. The maximum Gasteiger partial charge on any atom is 0.338 e. The van der Waals surface area contributed by atoms with Crippen molar-refractivity contribution in [3.05, 3.63) is 53.9 Å². The van der Waals surface area contributed by atoms with Crippen LogP contribution in [-0.4, -0.2) is 29.5 Å². The summed E-state index contributed by atoms with van der Waals surface area (Å²) in [6.45, 7) is 6.08. The zero-order valence-electron chi connectivity index (χ0n) is 14.7. The maximum absolute atomic E-state index is 12.0. The van der Waals surface area contributed by atoms with E-state index < -0.39 is 0 Å². The Hall–Kier alpha value is -2.89. The first-order chi connectivity index (χ1) is 12.0. The summed E-state index contributed by atoms with van der Waals surface area (Å²) < 4.78 is 4.95. The van der Waals surface area contributed by atoms with Crippen molar-refractivity contribution in [2.24, 2.45) is 0 Å². The molecule has 0 bridgehead atoms. The molecule has 2 N–H and O–H groups in total. The van der Waals surface area contributed by atoms with E-state index in [1.54, 1.807) is 49.5 Å². The number of ether oxygens (including phenoxy) is 1. The van der Waals surface area contributed by atoms with Gasteiger partial charge in [0.15, 0.2) is 0 Å². The number of aromatic nitrogens is 1. The smallest absolute Gasteiger partial charge is 0.338 e. The van der Waals surface area contributed by atoms with Gasteiger partial charge in [-0.25, -0.2) is 9.78 Å². The highest BCUT2D eigenvalue weighted by molar-refractivity contribution is 5.92. The van der Waals surface area contributed by atoms with Gasteiger partial charge < -0.3 is 15.4 Å². The number of amides is 1. The number of nitrogens with zero attached hydrogens (tertiary/aromatic N) is 1. The summed E-state index contributed by atoms with van der Waals surface area (Å²) in [5, 5.41) is 6.05. The SMILES string of the molecule is CCOC(=O)c1ccc(Nc2ccc(C(=O)NC(C)CC)nc2)cc1. The second kappa shape index (κ2) is 8.82. The van der Waals surface area contributed by atoms with Gasteiger partial charge in [0.05, 0.1) is 24.1 Å². The number of esters is 1. The van der Waals surface area contributed by atoms with Crippen LogP contribution in [0.4, 0.5) is 11.4 Å². The molecule has 1 aromatic heterocycles. The lowest BCUT2D eigenvalue weighted by Gasteiger charge is -2.11. The summed E-state index contributed by atoms with van der Waals surface area (Å²) in [4.78, 5) is 27.8. The minimum Gasteiger partial charge on any atom is -0.462 e. The number of carbonyl (C=O) groups excluding carboxylic acids is 2. The normalized spacial score (nSPS) is 11.5. The largest absolute Gasteiger partial charge is 0.462 e. The average molecular weight is 341 g/mol. The third kappa shape index (κ3) is 5.31. The summed E-state index contributed by atoms with van der Waals surface area (Å²) in [6, 6.07) is 10.5. The van der Waals surface area contributed by atoms with Gasteiger partial charge in [-0.3, -0.25) is 4.79 Å². The van der Waals surface area contributed by atoms with Crippen molar-refractivity contribution >= 4 is 23.3 Å². The van der Waals surface area contributed by atoms with Crippen molar-refractivity contribution in [1.82, 2.24) is 10.3 Å². The predicted octanol–water partition coefficient (Wildman–Crippen LogP) is 3.53. The van der Waals surface area contributed by atoms with Crippen LogP contribution >= 0.6 is 0 Å². The van der Waals surface area contributed by atoms with Crippen molar-refractivity contribution in [2.45, 2.75) is 33.2 Å². The molecule has 0 aliphatic rings. The third-order valence-electron chi connectivity index (χ3n) is 3.67. The summed E-state index contributed by atoms with van der Waals surface area (Å²) in [6.07, 6.45) is 2.47. The highest BCUT2D eigenvalue weighted by Crippen LogP contribution is 2.17. The molecule has 0 fully saturated rings. The lowest BCUT2D eigenvalue weighted by molar-refractivity contribution is 0.0526. The number of carbonyl (C=O) groups is 2. The van der Waals surface area contributed by atoms with Crippen LogP contribution in [0, 0.1) is 0 Å². The summed E-state index contributed by atoms with van der Waals surface area (Å²) in [5.74, 6) is -0.521. The quantitative estimate of drug-likeness (QED) is 0.753. The van der Waals surface area contributed by atoms with E-state index in [1.165, 1.54) is 0 Å². The van der Waals surface area contributed by atoms with Gasteiger partial charge in [0, 0.05) is 11.7 Å². The van der Waals surface area contributed by atoms with Gasteiger partial charge in [0.25, 0.3) is 5.91 Å². The highest BCUT2D eigenvalue weighted by atomic mass is 16.5. The van der Waals surface area contributed by atoms with E-state index in [4.69, 9.17) is 4.74 Å². The van der Waals surface area contributed by atoms with Gasteiger partial charge in [-0.05, 0) is 56.7 Å². The lowest BCUT2D eigenvalue weighted by Crippen LogP contribution is -2.32. The lowest BCUT2D eigenvalue weighted by atomic mass is 10.2. The molecular weight excluding hydrogens is 318 g/mol. The van der Waals surface area contributed by atoms with Crippen LogP contribution in [0.3, 0.4) is 0 Å². The fourth-order valence-electron chi connectivity index (χ4n) is 2.07. The van der Waals surface area contributed by atoms with Crippen molar-refractivity contribution in [1.29, 1.82) is 0 Å². The fraction of sp³-hybridized carbons (Fsp3) is 0.316. The van der Waals surface area contributed by atoms with Gasteiger partial charge in [0.2, 0.25) is 0 Å². The molecule has 1 amide bonds. The second-order valence-corrected chi connectivity index (χ2v) is 5.64. The van der Waals surface area contributed by atoms with E-state index in [-0.39, 0.29) is 17.9 Å². The molecule has 0 aliphatic carbocycles. The Bertz CT molecular complexity index is 712. The summed E-state index contributed by atoms with van der Waals surface area (Å²) >= 11 is 0. The first-order valence-electron chi connectivity index (χ1n) is 8.34. The molecule has 1 atom stereocenters. The van der Waals surface area contributed by atoms with E-state index in [9.17, 15) is 9.59 Å². The molecule has 0 aliphatic heterocycles. The van der Waals surface area contributed by atoms with E-state index in [1.807, 2.05) is 13.8 Å². The van der Waals surface area contributed by atoms with Gasteiger partial charge in [0.1, 0.15) is 5.69 Å². The molecule has 1 heterocycles. The molecule has 0 radical (unpaired) electrons. The number of hydrogen-bond donors (Lipinski definition) is 2. The maximum atomic E-state index is 12.0. The highest BCUT2D eigenvalue weighted by Gasteiger charge is 2.10. The Morgan fingerprint density at radius 2 is 1.76 bits per heavy atom. The first-order valence-corrected chi connectivity index (χ1v) is 8.34. The number of anilines is 2. The van der Waals surface area contributed by atoms with Crippen molar-refractivity contribution in [2.75, 3.05) is 11.9 Å². The molecule has 1 unspecified atom stereocenters. The topological polar surface area (TPSA) is 80.3 Å². The van der Waals surface area contributed by atoms with Gasteiger partial charge >= 0.3 is 5.97 Å². The van der Waals surface area contributed by atoms with Crippen LogP contribution in [0.25, 0.3) is 0 Å². The number of nitrogens with one attached hydrogen (secondary N) is 2. The minimum absolute atomic E-state index is 0.116.